The van der Waals surface area contributed by atoms with Crippen molar-refractivity contribution >= 4 is 17.5 Å². The van der Waals surface area contributed by atoms with Gasteiger partial charge in [-0.15, -0.1) is 0 Å². The first-order chi connectivity index (χ1) is 16.6. The van der Waals surface area contributed by atoms with Crippen LogP contribution in [0, 0.1) is 0 Å². The van der Waals surface area contributed by atoms with Gasteiger partial charge in [0.05, 0.1) is 19.8 Å². The number of benzene rings is 2. The van der Waals surface area contributed by atoms with Crippen molar-refractivity contribution in [2.75, 3.05) is 25.1 Å². The zero-order valence-corrected chi connectivity index (χ0v) is 19.6. The van der Waals surface area contributed by atoms with E-state index in [4.69, 9.17) is 9.47 Å². The number of aromatic nitrogens is 2. The molecular formula is C26H30N4O4. The lowest BCUT2D eigenvalue weighted by Gasteiger charge is -2.16. The molecule has 8 heteroatoms. The molecule has 2 heterocycles. The quantitative estimate of drug-likeness (QED) is 0.500. The Labute approximate surface area is 199 Å². The Morgan fingerprint density at radius 2 is 1.76 bits per heavy atom. The van der Waals surface area contributed by atoms with Gasteiger partial charge in [0, 0.05) is 35.2 Å². The number of imidazole rings is 1. The number of hydrogen-bond acceptors (Lipinski definition) is 5. The minimum absolute atomic E-state index is 0.147. The number of nitrogens with zero attached hydrogens (tertiary/aromatic N) is 2. The summed E-state index contributed by atoms with van der Waals surface area (Å²) in [5, 5.41) is 5.46. The lowest BCUT2D eigenvalue weighted by molar-refractivity contribution is -0.115. The number of hydrogen-bond donors (Lipinski definition) is 2. The summed E-state index contributed by atoms with van der Waals surface area (Å²) in [5.74, 6) is 1.37. The minimum atomic E-state index is -0.362. The summed E-state index contributed by atoms with van der Waals surface area (Å²) < 4.78 is 13.4. The van der Waals surface area contributed by atoms with Gasteiger partial charge in [0.2, 0.25) is 5.91 Å². The van der Waals surface area contributed by atoms with E-state index in [0.717, 1.165) is 24.4 Å². The number of anilines is 1. The summed E-state index contributed by atoms with van der Waals surface area (Å²) in [7, 11) is 0. The van der Waals surface area contributed by atoms with Gasteiger partial charge in [-0.05, 0) is 75.6 Å². The molecule has 2 amide bonds. The van der Waals surface area contributed by atoms with Gasteiger partial charge < -0.3 is 24.7 Å². The molecule has 0 bridgehead atoms. The van der Waals surface area contributed by atoms with Crippen LogP contribution in [0.15, 0.2) is 48.7 Å². The van der Waals surface area contributed by atoms with Crippen molar-refractivity contribution in [3.05, 3.63) is 59.9 Å². The second-order valence-electron chi connectivity index (χ2n) is 8.02. The van der Waals surface area contributed by atoms with Crippen LogP contribution in [-0.2, 0) is 17.8 Å². The molecule has 0 radical (unpaired) electrons. The second-order valence-corrected chi connectivity index (χ2v) is 8.02. The highest BCUT2D eigenvalue weighted by Crippen LogP contribution is 2.28. The molecule has 178 valence electrons. The van der Waals surface area contributed by atoms with Gasteiger partial charge in [0.25, 0.3) is 5.91 Å². The molecule has 1 aliphatic rings. The van der Waals surface area contributed by atoms with E-state index in [0.29, 0.717) is 36.0 Å². The zero-order chi connectivity index (χ0) is 23.9. The fraction of sp³-hybridized carbons (Fsp3) is 0.346. The smallest absolute Gasteiger partial charge is 0.251 e. The molecule has 1 aromatic heterocycles. The van der Waals surface area contributed by atoms with Gasteiger partial charge in [0.1, 0.15) is 5.82 Å². The zero-order valence-electron chi connectivity index (χ0n) is 19.6. The van der Waals surface area contributed by atoms with Crippen molar-refractivity contribution in [2.24, 2.45) is 0 Å². The van der Waals surface area contributed by atoms with Crippen molar-refractivity contribution in [1.29, 1.82) is 0 Å². The van der Waals surface area contributed by atoms with Crippen LogP contribution in [0.4, 0.5) is 5.69 Å². The molecule has 2 aromatic carbocycles. The molecular weight excluding hydrogens is 432 g/mol. The van der Waals surface area contributed by atoms with Crippen LogP contribution < -0.4 is 20.1 Å². The van der Waals surface area contributed by atoms with E-state index in [9.17, 15) is 9.59 Å². The van der Waals surface area contributed by atoms with E-state index < -0.39 is 0 Å². The first kappa shape index (κ1) is 23.4. The first-order valence-electron chi connectivity index (χ1n) is 11.7. The highest BCUT2D eigenvalue weighted by atomic mass is 16.5. The Morgan fingerprint density at radius 1 is 1.00 bits per heavy atom. The average Bonchev–Trinajstić information content (AvgIpc) is 3.29. The maximum atomic E-state index is 12.5. The van der Waals surface area contributed by atoms with Gasteiger partial charge in [-0.1, -0.05) is 0 Å². The van der Waals surface area contributed by atoms with Gasteiger partial charge in [0.15, 0.2) is 11.5 Å². The fourth-order valence-electron chi connectivity index (χ4n) is 4.03. The van der Waals surface area contributed by atoms with E-state index >= 15 is 0 Å². The summed E-state index contributed by atoms with van der Waals surface area (Å²) in [5.41, 5.74) is 3.34. The van der Waals surface area contributed by atoms with Crippen LogP contribution >= 0.6 is 0 Å². The molecule has 1 aliphatic heterocycles. The Kier molecular flexibility index (Phi) is 7.47. The largest absolute Gasteiger partial charge is 0.490 e. The van der Waals surface area contributed by atoms with Crippen molar-refractivity contribution in [3.8, 4) is 22.9 Å². The Bertz CT molecular complexity index is 1150. The Morgan fingerprint density at radius 3 is 2.53 bits per heavy atom. The van der Waals surface area contributed by atoms with Crippen LogP contribution in [0.5, 0.6) is 11.5 Å². The van der Waals surface area contributed by atoms with E-state index in [1.165, 1.54) is 18.5 Å². The maximum absolute atomic E-state index is 12.5. The number of rotatable bonds is 9. The number of carbonyl (C=O) groups is 2. The van der Waals surface area contributed by atoms with E-state index in [-0.39, 0.29) is 18.4 Å². The molecule has 0 saturated carbocycles. The maximum Gasteiger partial charge on any atom is 0.251 e. The van der Waals surface area contributed by atoms with Crippen LogP contribution in [0.25, 0.3) is 11.4 Å². The molecule has 0 saturated heterocycles. The van der Waals surface area contributed by atoms with Crippen LogP contribution in [0.1, 0.15) is 42.7 Å². The Balaban J connectivity index is 1.33. The topological polar surface area (TPSA) is 94.5 Å². The lowest BCUT2D eigenvalue weighted by Crippen LogP contribution is -2.32. The number of fused-ring (bicyclic) bond motifs is 1. The monoisotopic (exact) mass is 462 g/mol. The molecule has 2 N–H and O–H groups in total. The predicted octanol–water partition coefficient (Wildman–Crippen LogP) is 4.05. The number of aryl methyl sites for hydroxylation is 1. The summed E-state index contributed by atoms with van der Waals surface area (Å²) >= 11 is 0. The normalized spacial score (nSPS) is 12.5. The van der Waals surface area contributed by atoms with Crippen LogP contribution in [-0.4, -0.2) is 41.1 Å². The van der Waals surface area contributed by atoms with E-state index in [1.54, 1.807) is 18.2 Å². The number of carbonyl (C=O) groups excluding carboxylic acids is 2. The number of ether oxygens (including phenoxy) is 2. The molecule has 3 aromatic rings. The highest BCUT2D eigenvalue weighted by Gasteiger charge is 2.16. The highest BCUT2D eigenvalue weighted by molar-refractivity contribution is 5.99. The third-order valence-corrected chi connectivity index (χ3v) is 5.64. The SMILES string of the molecule is CCOc1ccc(C(=O)NCC(=O)Nc2ccc(-c3ncc4n3CCCC4)cc2)cc1OCC. The van der Waals surface area contributed by atoms with Gasteiger partial charge >= 0.3 is 0 Å². The molecule has 0 atom stereocenters. The van der Waals surface area contributed by atoms with E-state index in [2.05, 4.69) is 20.2 Å². The molecule has 34 heavy (non-hydrogen) atoms. The van der Waals surface area contributed by atoms with Crippen molar-refractivity contribution in [3.63, 3.8) is 0 Å². The molecule has 0 spiro atoms. The predicted molar refractivity (Wildman–Crippen MR) is 130 cm³/mol. The number of amides is 2. The fourth-order valence-corrected chi connectivity index (χ4v) is 4.03. The minimum Gasteiger partial charge on any atom is -0.490 e. The molecule has 4 rings (SSSR count). The molecule has 0 unspecified atom stereocenters. The lowest BCUT2D eigenvalue weighted by atomic mass is 10.1. The van der Waals surface area contributed by atoms with Crippen LogP contribution in [0.2, 0.25) is 0 Å². The molecule has 0 aliphatic carbocycles. The third-order valence-electron chi connectivity index (χ3n) is 5.64. The first-order valence-corrected chi connectivity index (χ1v) is 11.7. The van der Waals surface area contributed by atoms with Gasteiger partial charge in [-0.2, -0.15) is 0 Å². The summed E-state index contributed by atoms with van der Waals surface area (Å²) in [6.45, 7) is 5.54. The van der Waals surface area contributed by atoms with Gasteiger partial charge in [-0.25, -0.2) is 4.98 Å². The molecule has 8 nitrogen and oxygen atoms in total. The standard InChI is InChI=1S/C26H30N4O4/c1-3-33-22-13-10-19(15-23(22)34-4-2)26(32)28-17-24(31)29-20-11-8-18(9-12-20)25-27-16-21-7-5-6-14-30(21)25/h8-13,15-16H,3-7,14,17H2,1-2H3,(H,28,32)(H,29,31). The molecule has 0 fully saturated rings. The van der Waals surface area contributed by atoms with Crippen molar-refractivity contribution in [2.45, 2.75) is 39.7 Å². The van der Waals surface area contributed by atoms with Crippen molar-refractivity contribution < 1.29 is 19.1 Å². The van der Waals surface area contributed by atoms with E-state index in [1.807, 2.05) is 44.3 Å². The number of nitrogens with one attached hydrogen (secondary N) is 2. The van der Waals surface area contributed by atoms with Crippen LogP contribution in [0.3, 0.4) is 0 Å². The second kappa shape index (κ2) is 10.9. The Hall–Kier alpha value is -3.81. The summed E-state index contributed by atoms with van der Waals surface area (Å²) in [6, 6.07) is 12.6. The average molecular weight is 463 g/mol. The summed E-state index contributed by atoms with van der Waals surface area (Å²) in [6.07, 6.45) is 5.39. The summed E-state index contributed by atoms with van der Waals surface area (Å²) in [4.78, 5) is 29.5. The van der Waals surface area contributed by atoms with Crippen molar-refractivity contribution in [1.82, 2.24) is 14.9 Å². The van der Waals surface area contributed by atoms with Gasteiger partial charge in [-0.3, -0.25) is 9.59 Å². The third kappa shape index (κ3) is 5.39.